The van der Waals surface area contributed by atoms with Crippen LogP contribution in [0.4, 0.5) is 13.2 Å². The van der Waals surface area contributed by atoms with Gasteiger partial charge in [0.1, 0.15) is 17.2 Å². The molecule has 0 unspecified atom stereocenters. The summed E-state index contributed by atoms with van der Waals surface area (Å²) in [5.41, 5.74) is -0.938. The lowest BCUT2D eigenvalue weighted by Crippen LogP contribution is -2.05. The fourth-order valence-corrected chi connectivity index (χ4v) is 2.20. The van der Waals surface area contributed by atoms with Crippen molar-refractivity contribution in [3.63, 3.8) is 0 Å². The molecule has 1 aliphatic rings. The third kappa shape index (κ3) is 2.73. The molecule has 0 fully saturated rings. The van der Waals surface area contributed by atoms with Crippen molar-refractivity contribution in [1.82, 2.24) is 0 Å². The van der Waals surface area contributed by atoms with Crippen LogP contribution in [0.3, 0.4) is 0 Å². The molecule has 118 valence electrons. The van der Waals surface area contributed by atoms with Crippen molar-refractivity contribution < 1.29 is 32.9 Å². The first-order chi connectivity index (χ1) is 10.8. The van der Waals surface area contributed by atoms with E-state index in [1.165, 1.54) is 24.3 Å². The van der Waals surface area contributed by atoms with E-state index in [2.05, 4.69) is 0 Å². The molecule has 2 aromatic rings. The molecule has 3 rings (SSSR count). The number of hydrogen-bond acceptors (Lipinski definition) is 4. The zero-order chi connectivity index (χ0) is 16.8. The zero-order valence-electron chi connectivity index (χ0n) is 11.4. The average molecular weight is 322 g/mol. The monoisotopic (exact) mass is 322 g/mol. The summed E-state index contributed by atoms with van der Waals surface area (Å²) >= 11 is 0. The molecule has 0 atom stereocenters. The zero-order valence-corrected chi connectivity index (χ0v) is 11.4. The first-order valence-electron chi connectivity index (χ1n) is 6.43. The smallest absolute Gasteiger partial charge is 0.419 e. The second kappa shape index (κ2) is 5.05. The molecule has 1 heterocycles. The molecule has 0 spiro atoms. The summed E-state index contributed by atoms with van der Waals surface area (Å²) in [5, 5.41) is 18.6. The number of allylic oxidation sites excluding steroid dienone is 1. The highest BCUT2D eigenvalue weighted by molar-refractivity contribution is 6.14. The maximum absolute atomic E-state index is 12.8. The number of phenolic OH excluding ortho intramolecular Hbond substituents is 2. The van der Waals surface area contributed by atoms with Gasteiger partial charge in [0.25, 0.3) is 0 Å². The van der Waals surface area contributed by atoms with Crippen LogP contribution in [0, 0.1) is 0 Å². The molecule has 2 aromatic carbocycles. The van der Waals surface area contributed by atoms with Crippen molar-refractivity contribution in [1.29, 1.82) is 0 Å². The van der Waals surface area contributed by atoms with Crippen LogP contribution in [-0.2, 0) is 6.18 Å². The topological polar surface area (TPSA) is 66.8 Å². The first-order valence-corrected chi connectivity index (χ1v) is 6.43. The summed E-state index contributed by atoms with van der Waals surface area (Å²) < 4.78 is 43.6. The molecular weight excluding hydrogens is 313 g/mol. The second-order valence-corrected chi connectivity index (χ2v) is 4.89. The molecule has 0 radical (unpaired) electrons. The Morgan fingerprint density at radius 2 is 1.78 bits per heavy atom. The predicted molar refractivity (Wildman–Crippen MR) is 74.2 cm³/mol. The number of alkyl halides is 3. The van der Waals surface area contributed by atoms with Gasteiger partial charge in [0, 0.05) is 6.07 Å². The van der Waals surface area contributed by atoms with E-state index in [1.54, 1.807) is 0 Å². The Bertz CT molecular complexity index is 838. The maximum atomic E-state index is 12.8. The van der Waals surface area contributed by atoms with Crippen LogP contribution in [0.15, 0.2) is 42.2 Å². The van der Waals surface area contributed by atoms with E-state index in [-0.39, 0.29) is 28.4 Å². The van der Waals surface area contributed by atoms with Crippen LogP contribution in [0.1, 0.15) is 21.5 Å². The number of phenols is 2. The Morgan fingerprint density at radius 3 is 2.48 bits per heavy atom. The Labute approximate surface area is 128 Å². The fraction of sp³-hybridized carbons (Fsp3) is 0.0625. The SMILES string of the molecule is O=C1C(=Cc2ccc(O)c(C(F)(F)F)c2)Oc2cc(O)ccc21. The van der Waals surface area contributed by atoms with Gasteiger partial charge < -0.3 is 14.9 Å². The van der Waals surface area contributed by atoms with E-state index < -0.39 is 23.3 Å². The molecular formula is C16H9F3O4. The molecule has 1 aliphatic heterocycles. The number of aromatic hydroxyl groups is 2. The first kappa shape index (κ1) is 15.0. The van der Waals surface area contributed by atoms with E-state index in [9.17, 15) is 28.2 Å². The van der Waals surface area contributed by atoms with Gasteiger partial charge in [-0.25, -0.2) is 0 Å². The summed E-state index contributed by atoms with van der Waals surface area (Å²) in [6.45, 7) is 0. The second-order valence-electron chi connectivity index (χ2n) is 4.89. The lowest BCUT2D eigenvalue weighted by molar-refractivity contribution is -0.138. The Balaban J connectivity index is 2.00. The molecule has 0 amide bonds. The van der Waals surface area contributed by atoms with Gasteiger partial charge in [-0.1, -0.05) is 6.07 Å². The van der Waals surface area contributed by atoms with Gasteiger partial charge >= 0.3 is 6.18 Å². The number of carbonyl (C=O) groups is 1. The van der Waals surface area contributed by atoms with Gasteiger partial charge in [0.05, 0.1) is 11.1 Å². The van der Waals surface area contributed by atoms with E-state index in [0.717, 1.165) is 18.2 Å². The van der Waals surface area contributed by atoms with Crippen molar-refractivity contribution in [3.8, 4) is 17.2 Å². The van der Waals surface area contributed by atoms with E-state index in [4.69, 9.17) is 4.74 Å². The number of carbonyl (C=O) groups excluding carboxylic acids is 1. The molecule has 2 N–H and O–H groups in total. The van der Waals surface area contributed by atoms with E-state index >= 15 is 0 Å². The summed E-state index contributed by atoms with van der Waals surface area (Å²) in [5.74, 6) is -1.52. The number of Topliss-reactive ketones (excluding diaryl/α,β-unsaturated/α-hetero) is 1. The number of rotatable bonds is 1. The van der Waals surface area contributed by atoms with E-state index in [0.29, 0.717) is 0 Å². The van der Waals surface area contributed by atoms with Crippen LogP contribution < -0.4 is 4.74 Å². The van der Waals surface area contributed by atoms with Crippen LogP contribution in [0.25, 0.3) is 6.08 Å². The number of hydrogen-bond donors (Lipinski definition) is 2. The van der Waals surface area contributed by atoms with Gasteiger partial charge in [0.15, 0.2) is 5.76 Å². The third-order valence-corrected chi connectivity index (χ3v) is 3.28. The van der Waals surface area contributed by atoms with Crippen LogP contribution in [0.2, 0.25) is 0 Å². The highest BCUT2D eigenvalue weighted by atomic mass is 19.4. The molecule has 0 saturated carbocycles. The van der Waals surface area contributed by atoms with Gasteiger partial charge in [0.2, 0.25) is 5.78 Å². The quantitative estimate of drug-likeness (QED) is 0.785. The van der Waals surface area contributed by atoms with E-state index in [1.807, 2.05) is 0 Å². The van der Waals surface area contributed by atoms with Gasteiger partial charge in [-0.15, -0.1) is 0 Å². The Hall–Kier alpha value is -2.96. The number of fused-ring (bicyclic) bond motifs is 1. The Kier molecular flexibility index (Phi) is 3.28. The average Bonchev–Trinajstić information content (AvgIpc) is 2.75. The number of halogens is 3. The number of ether oxygens (including phenoxy) is 1. The summed E-state index contributed by atoms with van der Waals surface area (Å²) in [4.78, 5) is 12.1. The maximum Gasteiger partial charge on any atom is 0.419 e. The van der Waals surface area contributed by atoms with Crippen molar-refractivity contribution >= 4 is 11.9 Å². The van der Waals surface area contributed by atoms with Crippen LogP contribution in [-0.4, -0.2) is 16.0 Å². The lowest BCUT2D eigenvalue weighted by Gasteiger charge is -2.09. The van der Waals surface area contributed by atoms with Gasteiger partial charge in [-0.05, 0) is 35.9 Å². The van der Waals surface area contributed by atoms with Crippen LogP contribution in [0.5, 0.6) is 17.2 Å². The molecule has 0 saturated heterocycles. The van der Waals surface area contributed by atoms with Crippen molar-refractivity contribution in [2.75, 3.05) is 0 Å². The third-order valence-electron chi connectivity index (χ3n) is 3.28. The fourth-order valence-electron chi connectivity index (χ4n) is 2.20. The molecule has 0 bridgehead atoms. The summed E-state index contributed by atoms with van der Waals surface area (Å²) in [6, 6.07) is 6.77. The largest absolute Gasteiger partial charge is 0.508 e. The minimum atomic E-state index is -4.71. The summed E-state index contributed by atoms with van der Waals surface area (Å²) in [7, 11) is 0. The van der Waals surface area contributed by atoms with Crippen molar-refractivity contribution in [2.24, 2.45) is 0 Å². The van der Waals surface area contributed by atoms with Crippen molar-refractivity contribution in [3.05, 3.63) is 58.8 Å². The molecule has 23 heavy (non-hydrogen) atoms. The van der Waals surface area contributed by atoms with Gasteiger partial charge in [-0.3, -0.25) is 4.79 Å². The normalized spacial score (nSPS) is 15.6. The predicted octanol–water partition coefficient (Wildman–Crippen LogP) is 3.73. The Morgan fingerprint density at radius 1 is 1.04 bits per heavy atom. The molecule has 7 heteroatoms. The molecule has 0 aromatic heterocycles. The molecule has 0 aliphatic carbocycles. The lowest BCUT2D eigenvalue weighted by atomic mass is 10.1. The van der Waals surface area contributed by atoms with Crippen LogP contribution >= 0.6 is 0 Å². The van der Waals surface area contributed by atoms with Crippen molar-refractivity contribution in [2.45, 2.75) is 6.18 Å². The highest BCUT2D eigenvalue weighted by Crippen LogP contribution is 2.38. The highest BCUT2D eigenvalue weighted by Gasteiger charge is 2.34. The molecule has 4 nitrogen and oxygen atoms in total. The standard InChI is InChI=1S/C16H9F3O4/c17-16(18,19)11-5-8(1-4-12(11)21)6-14-15(22)10-3-2-9(20)7-13(10)23-14/h1-7,20-21H. The minimum absolute atomic E-state index is 0.0514. The van der Waals surface area contributed by atoms with Gasteiger partial charge in [-0.2, -0.15) is 13.2 Å². The number of benzene rings is 2. The number of ketones is 1. The summed E-state index contributed by atoms with van der Waals surface area (Å²) in [6.07, 6.45) is -3.57. The minimum Gasteiger partial charge on any atom is -0.508 e.